The fourth-order valence-corrected chi connectivity index (χ4v) is 20.6. The molecule has 2 saturated carbocycles. The Kier molecular flexibility index (Phi) is 42.7. The van der Waals surface area contributed by atoms with Gasteiger partial charge in [0.1, 0.15) is 27.7 Å². The van der Waals surface area contributed by atoms with Crippen molar-refractivity contribution in [1.29, 1.82) is 0 Å². The van der Waals surface area contributed by atoms with Gasteiger partial charge in [-0.05, 0) is 120 Å². The molecule has 0 aromatic heterocycles. The zero-order valence-electron chi connectivity index (χ0n) is 66.1. The summed E-state index contributed by atoms with van der Waals surface area (Å²) < 4.78 is 129. The minimum Gasteiger partial charge on any atom is -0.480 e. The van der Waals surface area contributed by atoms with Gasteiger partial charge in [0.15, 0.2) is 11.2 Å². The molecular formula is C58H127B5N20O29S5. The van der Waals surface area contributed by atoms with Crippen molar-refractivity contribution in [3.05, 3.63) is 0 Å². The number of nitrogens with one attached hydrogen (secondary N) is 5. The Morgan fingerprint density at radius 1 is 0.436 bits per heavy atom. The number of carbonyl (C=O) groups is 5. The third-order valence-electron chi connectivity index (χ3n) is 22.1. The normalized spacial score (nSPS) is 28.4. The van der Waals surface area contributed by atoms with Crippen LogP contribution in [-0.4, -0.2) is 358 Å². The first-order valence-electron chi connectivity index (χ1n) is 38.3. The van der Waals surface area contributed by atoms with Crippen LogP contribution in [0.4, 0.5) is 0 Å². The molecule has 5 heterocycles. The van der Waals surface area contributed by atoms with Crippen molar-refractivity contribution in [2.75, 3.05) is 118 Å². The van der Waals surface area contributed by atoms with E-state index >= 15 is 0 Å². The van der Waals surface area contributed by atoms with E-state index in [2.05, 4.69) is 23.6 Å². The van der Waals surface area contributed by atoms with E-state index in [4.69, 9.17) is 108 Å². The monoisotopic (exact) mass is 1780 g/mol. The lowest BCUT2D eigenvalue weighted by Gasteiger charge is -2.26. The molecule has 7 rings (SSSR count). The van der Waals surface area contributed by atoms with E-state index in [9.17, 15) is 87.4 Å². The van der Waals surface area contributed by atoms with Crippen LogP contribution >= 0.6 is 0 Å². The highest BCUT2D eigenvalue weighted by atomic mass is 32.2. The topological polar surface area (TPSA) is 879 Å². The SMILES string of the molecule is CC(C)(CN)CNS(=O)(=O)N1C[C@H](CCCB(O)O)[C@](N)(C(=O)O)C1.NC1CC1NS(=O)N1C[C@H](CCCB(O)O)[C@](N)(C(=O)O)C1.NCC1(CNS(=O)(=O)N2C[C@H](CCCB(O)O)[C@](N)(C(=O)O)C2)CC1.NCCCNS(=O)(=O)N1C[C@H](CCCB(O)O)[C@](N)(C(=O)O)C1.NCCNS(=O)(=O)N1C[C@H](CCCB(O)O)[C@](N)(C(=O)O)C1. The van der Waals surface area contributed by atoms with Crippen LogP contribution in [0.25, 0.3) is 0 Å². The van der Waals surface area contributed by atoms with Crippen LogP contribution in [0.3, 0.4) is 0 Å². The van der Waals surface area contributed by atoms with Gasteiger partial charge in [0, 0.05) is 140 Å². The molecule has 7 aliphatic rings. The zero-order valence-corrected chi connectivity index (χ0v) is 70.1. The number of rotatable bonds is 47. The molecule has 0 aromatic rings. The molecule has 5 aliphatic heterocycles. The van der Waals surface area contributed by atoms with Gasteiger partial charge in [-0.3, -0.25) is 24.0 Å². The van der Waals surface area contributed by atoms with E-state index in [1.807, 2.05) is 13.8 Å². The van der Waals surface area contributed by atoms with Crippen LogP contribution in [0, 0.1) is 40.4 Å². The van der Waals surface area contributed by atoms with Crippen LogP contribution in [0.5, 0.6) is 0 Å². The number of carboxylic acid groups (broad SMARTS) is 5. The molecule has 49 nitrogen and oxygen atoms in total. The number of aliphatic carboxylic acids is 5. The van der Waals surface area contributed by atoms with Crippen molar-refractivity contribution >= 4 is 117 Å². The van der Waals surface area contributed by atoms with E-state index in [1.165, 1.54) is 4.31 Å². The maximum Gasteiger partial charge on any atom is 0.451 e. The molecule has 0 radical (unpaired) electrons. The summed E-state index contributed by atoms with van der Waals surface area (Å²) in [4.78, 5) is 57.6. The van der Waals surface area contributed by atoms with Crippen molar-refractivity contribution in [3.63, 3.8) is 0 Å². The molecule has 0 aromatic carbocycles. The average molecular weight is 1780 g/mol. The molecule has 59 heteroatoms. The molecule has 0 bridgehead atoms. The minimum atomic E-state index is -3.90. The van der Waals surface area contributed by atoms with Crippen LogP contribution in [0.2, 0.25) is 31.6 Å². The lowest BCUT2D eigenvalue weighted by molar-refractivity contribution is -0.145. The molecule has 5 saturated heterocycles. The van der Waals surface area contributed by atoms with Gasteiger partial charge >= 0.3 is 65.4 Å². The molecule has 40 N–H and O–H groups in total. The third kappa shape index (κ3) is 32.5. The van der Waals surface area contributed by atoms with Crippen molar-refractivity contribution in [3.8, 4) is 0 Å². The highest BCUT2D eigenvalue weighted by Crippen LogP contribution is 2.44. The highest BCUT2D eigenvalue weighted by molar-refractivity contribution is 7.88. The smallest absolute Gasteiger partial charge is 0.451 e. The third-order valence-corrected chi connectivity index (χ3v) is 29.3. The number of hydrogen-bond acceptors (Lipinski definition) is 34. The molecule has 7 fully saturated rings. The maximum absolute atomic E-state index is 12.5. The van der Waals surface area contributed by atoms with Crippen LogP contribution < -0.4 is 80.9 Å². The number of nitrogens with two attached hydrogens (primary N) is 10. The quantitative estimate of drug-likeness (QED) is 0.0199. The number of carboxylic acids is 5. The Morgan fingerprint density at radius 2 is 0.718 bits per heavy atom. The molecule has 13 atom stereocenters. The van der Waals surface area contributed by atoms with Crippen molar-refractivity contribution in [2.24, 2.45) is 97.8 Å². The van der Waals surface area contributed by atoms with Crippen molar-refractivity contribution in [2.45, 2.75) is 175 Å². The first-order valence-corrected chi connectivity index (χ1v) is 45.2. The van der Waals surface area contributed by atoms with Gasteiger partial charge in [-0.15, -0.1) is 0 Å². The van der Waals surface area contributed by atoms with E-state index in [0.717, 1.165) is 36.5 Å². The largest absolute Gasteiger partial charge is 0.480 e. The summed E-state index contributed by atoms with van der Waals surface area (Å²) in [5.74, 6) is -9.07. The van der Waals surface area contributed by atoms with Gasteiger partial charge in [-0.1, -0.05) is 46.0 Å². The summed E-state index contributed by atoms with van der Waals surface area (Å²) in [6.45, 7) is 4.16. The molecule has 117 heavy (non-hydrogen) atoms. The van der Waals surface area contributed by atoms with Gasteiger partial charge < -0.3 is 133 Å². The van der Waals surface area contributed by atoms with E-state index in [1.54, 1.807) is 0 Å². The Hall–Kier alpha value is -3.58. The second-order valence-corrected chi connectivity index (χ2v) is 40.4. The zero-order chi connectivity index (χ0) is 89.5. The highest BCUT2D eigenvalue weighted by Gasteiger charge is 2.57. The summed E-state index contributed by atoms with van der Waals surface area (Å²) in [7, 11) is -22.8. The Morgan fingerprint density at radius 3 is 0.974 bits per heavy atom. The molecular weight excluding hydrogens is 1660 g/mol. The predicted octanol–water partition coefficient (Wildman–Crippen LogP) is -13.6. The van der Waals surface area contributed by atoms with Gasteiger partial charge in [0.25, 0.3) is 40.8 Å². The number of nitrogens with zero attached hydrogens (tertiary/aromatic N) is 5. The lowest BCUT2D eigenvalue weighted by Crippen LogP contribution is -2.55. The summed E-state index contributed by atoms with van der Waals surface area (Å²) in [5, 5.41) is 136. The molecule has 0 amide bonds. The van der Waals surface area contributed by atoms with Gasteiger partial charge in [0.05, 0.1) is 0 Å². The van der Waals surface area contributed by atoms with Gasteiger partial charge in [-0.2, -0.15) is 50.9 Å². The van der Waals surface area contributed by atoms with Crippen molar-refractivity contribution in [1.82, 2.24) is 45.1 Å². The van der Waals surface area contributed by atoms with Crippen molar-refractivity contribution < 1.29 is 138 Å². The predicted molar refractivity (Wildman–Crippen MR) is 431 cm³/mol. The summed E-state index contributed by atoms with van der Waals surface area (Å²) in [6.07, 6.45) is 6.76. The standard InChI is InChI=1S/C13H27BN4O6S.C13H29BN4O6S.C11H25BN4O6S.C11H23BN4O5S.C10H23BN4O6S/c15-7-12(3-4-12)8-17-25(23,24)18-6-10(2-1-5-14(21)22)13(16,9-18)11(19)20;1-12(2,7-15)8-17-25(23,24)18-6-10(4-3-5-14(21)22)13(16,9-18)11(19)20;13-5-2-6-15-23(21,22)16-7-9(3-1-4-12(19)20)11(14,8-16)10(17)18;13-8-4-9(8)15-22(21)16-5-7(2-1-3-12(19)20)11(14,6-16)10(17)18;12-4-5-14-22(20,21)15-6-8(2-1-3-11(18)19)10(13,7-15)9(16)17/h10,17,21-22H,1-9,15-16H2,(H,19,20);10,17,21-22H,3-9,15-16H2,1-2H3,(H,19,20);9,15,19-20H,1-8,13-14H2,(H,17,18);7-9,15,19-20H,1-6,13-14H2,(H,17,18);8,14,18-19H,1-7,12-13H2,(H,16,17)/t2*10-,13-;9-,11-;7-,8?,9?,11-,22?;8-,10-/m00000/s1. The fourth-order valence-electron chi connectivity index (χ4n) is 13.7. The first kappa shape index (κ1) is 108. The van der Waals surface area contributed by atoms with Gasteiger partial charge in [0.2, 0.25) is 0 Å². The maximum atomic E-state index is 12.5. The summed E-state index contributed by atoms with van der Waals surface area (Å²) >= 11 is -1.52. The van der Waals surface area contributed by atoms with E-state index in [0.29, 0.717) is 64.5 Å². The van der Waals surface area contributed by atoms with E-state index in [-0.39, 0.29) is 173 Å². The fraction of sp³-hybridized carbons (Fsp3) is 0.914. The average Bonchev–Trinajstić information content (AvgIpc) is 1.64. The van der Waals surface area contributed by atoms with Crippen LogP contribution in [-0.2, 0) is 76.0 Å². The minimum absolute atomic E-state index is 0.00132. The summed E-state index contributed by atoms with van der Waals surface area (Å²) in [6, 6.07) is -0.00285. The van der Waals surface area contributed by atoms with E-state index < -0.39 is 180 Å². The number of hydrogen-bond donors (Lipinski definition) is 30. The Labute approximate surface area is 687 Å². The summed E-state index contributed by atoms with van der Waals surface area (Å²) in [5.41, 5.74) is 48.4. The van der Waals surface area contributed by atoms with Crippen LogP contribution in [0.15, 0.2) is 0 Å². The van der Waals surface area contributed by atoms with Crippen LogP contribution in [0.1, 0.15) is 104 Å². The molecule has 678 valence electrons. The second kappa shape index (κ2) is 46.4. The molecule has 2 aliphatic carbocycles. The first-order chi connectivity index (χ1) is 53.9. The Bertz CT molecular complexity index is 3600. The Balaban J connectivity index is 0.000000379. The second-order valence-electron chi connectivity index (χ2n) is 32.1. The molecule has 3 unspecified atom stereocenters. The van der Waals surface area contributed by atoms with Gasteiger partial charge in [-0.25, -0.2) is 32.1 Å². The lowest BCUT2D eigenvalue weighted by atomic mass is 9.78. The molecule has 0 spiro atoms.